The molecule has 2 aromatic rings. The number of nitrogens with two attached hydrogens (primary N) is 2. The first-order chi connectivity index (χ1) is 9.09. The van der Waals surface area contributed by atoms with Crippen molar-refractivity contribution in [2.45, 2.75) is 23.4 Å². The predicted octanol–water partition coefficient (Wildman–Crippen LogP) is 1.85. The van der Waals surface area contributed by atoms with Gasteiger partial charge in [0.25, 0.3) is 0 Å². The van der Waals surface area contributed by atoms with Crippen molar-refractivity contribution in [1.29, 1.82) is 0 Å². The molecular formula is C14H17N3OS. The third-order valence-corrected chi connectivity index (χ3v) is 4.89. The van der Waals surface area contributed by atoms with Crippen LogP contribution >= 0.6 is 11.8 Å². The summed E-state index contributed by atoms with van der Waals surface area (Å²) in [4.78, 5) is 14.9. The molecule has 19 heavy (non-hydrogen) atoms. The number of aromatic amines is 1. The van der Waals surface area contributed by atoms with Gasteiger partial charge in [-0.25, -0.2) is 0 Å². The van der Waals surface area contributed by atoms with E-state index in [1.807, 2.05) is 18.2 Å². The number of H-pyrrole nitrogens is 1. The van der Waals surface area contributed by atoms with Crippen LogP contribution in [0.15, 0.2) is 35.4 Å². The lowest BCUT2D eigenvalue weighted by Crippen LogP contribution is -2.56. The molecule has 0 bridgehead atoms. The van der Waals surface area contributed by atoms with Crippen molar-refractivity contribution in [3.8, 4) is 0 Å². The number of primary amides is 1. The van der Waals surface area contributed by atoms with Gasteiger partial charge in [-0.1, -0.05) is 18.2 Å². The van der Waals surface area contributed by atoms with Crippen molar-refractivity contribution in [2.24, 2.45) is 17.4 Å². The Morgan fingerprint density at radius 3 is 2.79 bits per heavy atom. The average Bonchev–Trinajstić information content (AvgIpc) is 3.16. The maximum absolute atomic E-state index is 11.6. The van der Waals surface area contributed by atoms with Gasteiger partial charge in [-0.2, -0.15) is 0 Å². The zero-order chi connectivity index (χ0) is 13.5. The summed E-state index contributed by atoms with van der Waals surface area (Å²) in [5, 5.41) is 2.19. The van der Waals surface area contributed by atoms with Crippen molar-refractivity contribution in [1.82, 2.24) is 4.98 Å². The number of nitrogens with one attached hydrogen (secondary N) is 1. The number of hydrogen-bond donors (Lipinski definition) is 3. The molecule has 1 fully saturated rings. The van der Waals surface area contributed by atoms with Crippen molar-refractivity contribution < 1.29 is 4.79 Å². The van der Waals surface area contributed by atoms with E-state index in [1.165, 1.54) is 0 Å². The summed E-state index contributed by atoms with van der Waals surface area (Å²) in [6.45, 7) is 0. The van der Waals surface area contributed by atoms with E-state index in [0.29, 0.717) is 5.75 Å². The van der Waals surface area contributed by atoms with Gasteiger partial charge in [0.05, 0.1) is 5.03 Å². The zero-order valence-electron chi connectivity index (χ0n) is 10.6. The highest BCUT2D eigenvalue weighted by Gasteiger charge is 2.46. The van der Waals surface area contributed by atoms with Gasteiger partial charge in [-0.15, -0.1) is 11.8 Å². The van der Waals surface area contributed by atoms with Crippen molar-refractivity contribution in [2.75, 3.05) is 5.75 Å². The molecule has 1 saturated carbocycles. The smallest absolute Gasteiger partial charge is 0.238 e. The molecule has 1 amide bonds. The molecule has 5 heteroatoms. The highest BCUT2D eigenvalue weighted by molar-refractivity contribution is 7.99. The van der Waals surface area contributed by atoms with E-state index in [9.17, 15) is 4.79 Å². The van der Waals surface area contributed by atoms with Gasteiger partial charge in [-0.3, -0.25) is 4.79 Å². The van der Waals surface area contributed by atoms with E-state index in [4.69, 9.17) is 11.5 Å². The van der Waals surface area contributed by atoms with Gasteiger partial charge in [0.1, 0.15) is 5.54 Å². The minimum atomic E-state index is -0.873. The second-order valence-corrected chi connectivity index (χ2v) is 6.21. The molecule has 0 spiro atoms. The number of amides is 1. The molecule has 5 N–H and O–H groups in total. The standard InChI is InChI=1S/C14H17N3OS/c15-13(18)14(16,10-5-6-10)8-19-12-7-9-3-1-2-4-11(9)17-12/h1-4,7,10,17H,5-6,8,16H2,(H2,15,18). The van der Waals surface area contributed by atoms with Crippen LogP contribution in [0.5, 0.6) is 0 Å². The molecule has 100 valence electrons. The second kappa shape index (κ2) is 4.58. The summed E-state index contributed by atoms with van der Waals surface area (Å²) in [5.41, 5.74) is 11.9. The summed E-state index contributed by atoms with van der Waals surface area (Å²) in [5.74, 6) is 0.389. The quantitative estimate of drug-likeness (QED) is 0.728. The number of carbonyl (C=O) groups excluding carboxylic acids is 1. The molecule has 0 saturated heterocycles. The van der Waals surface area contributed by atoms with Crippen LogP contribution < -0.4 is 11.5 Å². The fourth-order valence-corrected chi connectivity index (χ4v) is 3.48. The Kier molecular flexibility index (Phi) is 3.03. The van der Waals surface area contributed by atoms with E-state index in [-0.39, 0.29) is 5.92 Å². The van der Waals surface area contributed by atoms with Crippen LogP contribution in [0.2, 0.25) is 0 Å². The molecule has 1 heterocycles. The molecule has 0 aliphatic heterocycles. The minimum absolute atomic E-state index is 0.252. The normalized spacial score (nSPS) is 18.4. The molecule has 1 unspecified atom stereocenters. The second-order valence-electron chi connectivity index (χ2n) is 5.19. The highest BCUT2D eigenvalue weighted by atomic mass is 32.2. The van der Waals surface area contributed by atoms with E-state index in [0.717, 1.165) is 28.8 Å². The van der Waals surface area contributed by atoms with Crippen LogP contribution in [-0.4, -0.2) is 22.2 Å². The van der Waals surface area contributed by atoms with E-state index >= 15 is 0 Å². The van der Waals surface area contributed by atoms with Gasteiger partial charge in [0.15, 0.2) is 0 Å². The summed E-state index contributed by atoms with van der Waals surface area (Å²) in [6, 6.07) is 10.2. The van der Waals surface area contributed by atoms with Gasteiger partial charge < -0.3 is 16.5 Å². The van der Waals surface area contributed by atoms with Crippen LogP contribution in [0.25, 0.3) is 10.9 Å². The van der Waals surface area contributed by atoms with Crippen LogP contribution in [0.3, 0.4) is 0 Å². The highest BCUT2D eigenvalue weighted by Crippen LogP contribution is 2.40. The topological polar surface area (TPSA) is 84.9 Å². The molecule has 1 aliphatic carbocycles. The first kappa shape index (κ1) is 12.6. The van der Waals surface area contributed by atoms with Crippen LogP contribution in [0.1, 0.15) is 12.8 Å². The third-order valence-electron chi connectivity index (χ3n) is 3.74. The summed E-state index contributed by atoms with van der Waals surface area (Å²) >= 11 is 1.57. The first-order valence-corrected chi connectivity index (χ1v) is 7.37. The predicted molar refractivity (Wildman–Crippen MR) is 77.9 cm³/mol. The number of para-hydroxylation sites is 1. The van der Waals surface area contributed by atoms with E-state index in [2.05, 4.69) is 17.1 Å². The SMILES string of the molecule is NC(=O)C(N)(CSc1cc2ccccc2[nH]1)C1CC1. The lowest BCUT2D eigenvalue weighted by Gasteiger charge is -2.24. The Morgan fingerprint density at radius 1 is 1.42 bits per heavy atom. The van der Waals surface area contributed by atoms with E-state index in [1.54, 1.807) is 11.8 Å². The van der Waals surface area contributed by atoms with Crippen molar-refractivity contribution in [3.63, 3.8) is 0 Å². The summed E-state index contributed by atoms with van der Waals surface area (Å²) in [7, 11) is 0. The van der Waals surface area contributed by atoms with Crippen LogP contribution in [0, 0.1) is 5.92 Å². The number of thioether (sulfide) groups is 1. The van der Waals surface area contributed by atoms with Gasteiger partial charge in [0, 0.05) is 16.7 Å². The molecule has 1 aromatic heterocycles. The van der Waals surface area contributed by atoms with Gasteiger partial charge >= 0.3 is 0 Å². The average molecular weight is 275 g/mol. The number of carbonyl (C=O) groups is 1. The Labute approximate surface area is 115 Å². The molecule has 1 aliphatic rings. The molecular weight excluding hydrogens is 258 g/mol. The number of hydrogen-bond acceptors (Lipinski definition) is 3. The Bertz CT molecular complexity index is 587. The minimum Gasteiger partial charge on any atom is -0.368 e. The summed E-state index contributed by atoms with van der Waals surface area (Å²) in [6.07, 6.45) is 2.01. The van der Waals surface area contributed by atoms with Crippen molar-refractivity contribution >= 4 is 28.6 Å². The van der Waals surface area contributed by atoms with Gasteiger partial charge in [-0.05, 0) is 30.9 Å². The molecule has 3 rings (SSSR count). The molecule has 0 radical (unpaired) electrons. The Morgan fingerprint density at radius 2 is 2.16 bits per heavy atom. The number of aromatic nitrogens is 1. The monoisotopic (exact) mass is 275 g/mol. The lowest BCUT2D eigenvalue weighted by atomic mass is 9.96. The fourth-order valence-electron chi connectivity index (χ4n) is 2.31. The maximum atomic E-state index is 11.6. The lowest BCUT2D eigenvalue weighted by molar-refractivity contribution is -0.123. The Hall–Kier alpha value is -1.46. The summed E-state index contributed by atoms with van der Waals surface area (Å²) < 4.78 is 0. The number of benzene rings is 1. The fraction of sp³-hybridized carbons (Fsp3) is 0.357. The third kappa shape index (κ3) is 2.35. The maximum Gasteiger partial charge on any atom is 0.238 e. The zero-order valence-corrected chi connectivity index (χ0v) is 11.4. The molecule has 1 aromatic carbocycles. The van der Waals surface area contributed by atoms with Gasteiger partial charge in [0.2, 0.25) is 5.91 Å². The van der Waals surface area contributed by atoms with Crippen molar-refractivity contribution in [3.05, 3.63) is 30.3 Å². The van der Waals surface area contributed by atoms with E-state index < -0.39 is 11.4 Å². The van der Waals surface area contributed by atoms with Crippen LogP contribution in [0.4, 0.5) is 0 Å². The largest absolute Gasteiger partial charge is 0.368 e. The first-order valence-electron chi connectivity index (χ1n) is 6.39. The number of fused-ring (bicyclic) bond motifs is 1. The Balaban J connectivity index is 1.76. The molecule has 4 nitrogen and oxygen atoms in total. The number of rotatable bonds is 5. The molecule has 1 atom stereocenters. The van der Waals surface area contributed by atoms with Crippen LogP contribution in [-0.2, 0) is 4.79 Å².